The zero-order chi connectivity index (χ0) is 25.9. The van der Waals surface area contributed by atoms with Crippen LogP contribution in [0.1, 0.15) is 53.0 Å². The summed E-state index contributed by atoms with van der Waals surface area (Å²) in [6.45, 7) is 0. The largest absolute Gasteiger partial charge is 0.355 e. The van der Waals surface area contributed by atoms with E-state index in [2.05, 4.69) is 30.8 Å². The third kappa shape index (κ3) is 4.82. The fourth-order valence-corrected chi connectivity index (χ4v) is 4.89. The summed E-state index contributed by atoms with van der Waals surface area (Å²) in [4.78, 5) is 48.2. The molecule has 0 bridgehead atoms. The maximum atomic E-state index is 13.1. The van der Waals surface area contributed by atoms with Gasteiger partial charge in [0.25, 0.3) is 11.8 Å². The highest BCUT2D eigenvalue weighted by Gasteiger charge is 2.26. The van der Waals surface area contributed by atoms with E-state index in [9.17, 15) is 14.4 Å². The lowest BCUT2D eigenvalue weighted by molar-refractivity contribution is -0.123. The molecule has 3 amide bonds. The Morgan fingerprint density at radius 2 is 1.86 bits per heavy atom. The standard InChI is InChI=1S/C27H29N7O3/c1-28-26(36)23-19-12-11-18(34(2)27(37)16-7-4-3-5-8-16)13-22(19)32-24(23)33-25(35)21-10-6-9-20(31-21)17-14-29-30-15-17/h6,9-16,32H,3-5,7-8H2,1-2H3,(H,28,36)(H,29,30)(H,33,35). The minimum absolute atomic E-state index is 0.0414. The Kier molecular flexibility index (Phi) is 6.72. The van der Waals surface area contributed by atoms with Gasteiger partial charge in [-0.05, 0) is 43.2 Å². The van der Waals surface area contributed by atoms with Gasteiger partial charge in [0.1, 0.15) is 11.5 Å². The average molecular weight is 500 g/mol. The van der Waals surface area contributed by atoms with Crippen LogP contribution in [-0.2, 0) is 4.79 Å². The molecule has 4 aromatic rings. The van der Waals surface area contributed by atoms with Gasteiger partial charge >= 0.3 is 0 Å². The fourth-order valence-electron chi connectivity index (χ4n) is 4.89. The molecule has 1 aromatic carbocycles. The summed E-state index contributed by atoms with van der Waals surface area (Å²) in [5, 5.41) is 12.7. The minimum Gasteiger partial charge on any atom is -0.355 e. The molecule has 1 fully saturated rings. The molecular weight excluding hydrogens is 470 g/mol. The quantitative estimate of drug-likeness (QED) is 0.317. The lowest BCUT2D eigenvalue weighted by Crippen LogP contribution is -2.33. The molecule has 3 heterocycles. The van der Waals surface area contributed by atoms with E-state index < -0.39 is 5.91 Å². The van der Waals surface area contributed by atoms with Gasteiger partial charge in [-0.1, -0.05) is 25.3 Å². The second-order valence-corrected chi connectivity index (χ2v) is 9.27. The highest BCUT2D eigenvalue weighted by Crippen LogP contribution is 2.32. The molecule has 10 heteroatoms. The summed E-state index contributed by atoms with van der Waals surface area (Å²) in [6.07, 6.45) is 8.50. The summed E-state index contributed by atoms with van der Waals surface area (Å²) < 4.78 is 0. The van der Waals surface area contributed by atoms with Crippen molar-refractivity contribution in [3.63, 3.8) is 0 Å². The van der Waals surface area contributed by atoms with Gasteiger partial charge in [-0.15, -0.1) is 0 Å². The van der Waals surface area contributed by atoms with Crippen molar-refractivity contribution in [2.45, 2.75) is 32.1 Å². The van der Waals surface area contributed by atoms with Crippen LogP contribution in [0.5, 0.6) is 0 Å². The van der Waals surface area contributed by atoms with Crippen LogP contribution in [0.4, 0.5) is 11.5 Å². The number of nitrogens with zero attached hydrogens (tertiary/aromatic N) is 3. The first kappa shape index (κ1) is 24.2. The number of H-pyrrole nitrogens is 2. The number of amides is 3. The second-order valence-electron chi connectivity index (χ2n) is 9.27. The van der Waals surface area contributed by atoms with Crippen molar-refractivity contribution in [1.82, 2.24) is 25.5 Å². The Balaban J connectivity index is 1.45. The average Bonchev–Trinajstić information content (AvgIpc) is 3.60. The van der Waals surface area contributed by atoms with Crippen LogP contribution in [0.2, 0.25) is 0 Å². The lowest BCUT2D eigenvalue weighted by Gasteiger charge is -2.26. The summed E-state index contributed by atoms with van der Waals surface area (Å²) in [7, 11) is 3.32. The summed E-state index contributed by atoms with van der Waals surface area (Å²) in [6, 6.07) is 10.6. The first-order valence-electron chi connectivity index (χ1n) is 12.4. The predicted molar refractivity (Wildman–Crippen MR) is 141 cm³/mol. The van der Waals surface area contributed by atoms with Gasteiger partial charge in [0, 0.05) is 48.4 Å². The number of pyridine rings is 1. The van der Waals surface area contributed by atoms with Crippen LogP contribution in [-0.4, -0.2) is 52.0 Å². The zero-order valence-corrected chi connectivity index (χ0v) is 20.8. The summed E-state index contributed by atoms with van der Waals surface area (Å²) in [5.74, 6) is -0.407. The molecule has 5 rings (SSSR count). The van der Waals surface area contributed by atoms with Crippen molar-refractivity contribution >= 4 is 40.1 Å². The number of carbonyl (C=O) groups is 3. The molecule has 4 N–H and O–H groups in total. The van der Waals surface area contributed by atoms with Crippen LogP contribution in [0.15, 0.2) is 48.8 Å². The van der Waals surface area contributed by atoms with Gasteiger partial charge < -0.3 is 20.5 Å². The Hall–Kier alpha value is -4.47. The minimum atomic E-state index is -0.466. The third-order valence-electron chi connectivity index (χ3n) is 6.92. The number of anilines is 2. The monoisotopic (exact) mass is 499 g/mol. The normalized spacial score (nSPS) is 13.9. The number of benzene rings is 1. The molecule has 0 atom stereocenters. The number of aromatic amines is 2. The van der Waals surface area contributed by atoms with Crippen LogP contribution >= 0.6 is 0 Å². The van der Waals surface area contributed by atoms with E-state index >= 15 is 0 Å². The number of hydrogen-bond acceptors (Lipinski definition) is 5. The second kappa shape index (κ2) is 10.3. The van der Waals surface area contributed by atoms with Crippen molar-refractivity contribution in [1.29, 1.82) is 0 Å². The molecule has 0 spiro atoms. The van der Waals surface area contributed by atoms with E-state index in [0.717, 1.165) is 36.9 Å². The Bertz CT molecular complexity index is 1450. The fraction of sp³-hybridized carbons (Fsp3) is 0.296. The Morgan fingerprint density at radius 3 is 2.59 bits per heavy atom. The number of nitrogens with one attached hydrogen (secondary N) is 4. The van der Waals surface area contributed by atoms with Gasteiger partial charge in [-0.3, -0.25) is 19.5 Å². The number of fused-ring (bicyclic) bond motifs is 1. The molecule has 1 aliphatic rings. The third-order valence-corrected chi connectivity index (χ3v) is 6.92. The summed E-state index contributed by atoms with van der Waals surface area (Å²) >= 11 is 0. The molecular formula is C27H29N7O3. The van der Waals surface area contributed by atoms with Gasteiger partial charge in [0.2, 0.25) is 5.91 Å². The number of carbonyl (C=O) groups excluding carboxylic acids is 3. The molecule has 37 heavy (non-hydrogen) atoms. The van der Waals surface area contributed by atoms with Crippen LogP contribution in [0.3, 0.4) is 0 Å². The SMILES string of the molecule is CNC(=O)c1c(NC(=O)c2cccc(-c3cn[nH]c3)n2)[nH]c2cc(N(C)C(=O)C3CCCCC3)ccc12. The van der Waals surface area contributed by atoms with Crippen molar-refractivity contribution < 1.29 is 14.4 Å². The Morgan fingerprint density at radius 1 is 1.05 bits per heavy atom. The van der Waals surface area contributed by atoms with Crippen molar-refractivity contribution in [2.24, 2.45) is 5.92 Å². The van der Waals surface area contributed by atoms with E-state index in [1.165, 1.54) is 13.5 Å². The van der Waals surface area contributed by atoms with Crippen molar-refractivity contribution in [2.75, 3.05) is 24.3 Å². The van der Waals surface area contributed by atoms with E-state index in [-0.39, 0.29) is 29.2 Å². The maximum Gasteiger partial charge on any atom is 0.275 e. The molecule has 3 aromatic heterocycles. The molecule has 190 valence electrons. The molecule has 1 saturated carbocycles. The molecule has 0 radical (unpaired) electrons. The summed E-state index contributed by atoms with van der Waals surface area (Å²) in [5.41, 5.74) is 3.21. The number of aromatic nitrogens is 4. The highest BCUT2D eigenvalue weighted by atomic mass is 16.2. The van der Waals surface area contributed by atoms with Crippen LogP contribution in [0.25, 0.3) is 22.2 Å². The number of hydrogen-bond donors (Lipinski definition) is 4. The van der Waals surface area contributed by atoms with Crippen LogP contribution < -0.4 is 15.5 Å². The predicted octanol–water partition coefficient (Wildman–Crippen LogP) is 4.11. The molecule has 10 nitrogen and oxygen atoms in total. The van der Waals surface area contributed by atoms with Crippen molar-refractivity contribution in [3.8, 4) is 11.3 Å². The smallest absolute Gasteiger partial charge is 0.275 e. The molecule has 0 unspecified atom stereocenters. The van der Waals surface area contributed by atoms with E-state index in [0.29, 0.717) is 22.2 Å². The first-order valence-corrected chi connectivity index (χ1v) is 12.4. The van der Waals surface area contributed by atoms with E-state index in [1.54, 1.807) is 48.6 Å². The Labute approximate surface area is 213 Å². The lowest BCUT2D eigenvalue weighted by atomic mass is 9.88. The maximum absolute atomic E-state index is 13.1. The van der Waals surface area contributed by atoms with Crippen LogP contribution in [0, 0.1) is 5.92 Å². The van der Waals surface area contributed by atoms with Gasteiger partial charge in [-0.25, -0.2) is 4.98 Å². The topological polar surface area (TPSA) is 136 Å². The highest BCUT2D eigenvalue weighted by molar-refractivity contribution is 6.15. The van der Waals surface area contributed by atoms with Crippen molar-refractivity contribution in [3.05, 3.63) is 60.0 Å². The first-order chi connectivity index (χ1) is 18.0. The molecule has 0 aliphatic heterocycles. The zero-order valence-electron chi connectivity index (χ0n) is 20.8. The van der Waals surface area contributed by atoms with E-state index in [4.69, 9.17) is 0 Å². The van der Waals surface area contributed by atoms with Gasteiger partial charge in [-0.2, -0.15) is 5.10 Å². The van der Waals surface area contributed by atoms with E-state index in [1.807, 2.05) is 12.1 Å². The van der Waals surface area contributed by atoms with Gasteiger partial charge in [0.05, 0.1) is 17.5 Å². The molecule has 0 saturated heterocycles. The molecule has 1 aliphatic carbocycles. The van der Waals surface area contributed by atoms with Gasteiger partial charge in [0.15, 0.2) is 0 Å². The number of rotatable bonds is 6.